The Labute approximate surface area is 142 Å². The largest absolute Gasteiger partial charge is 0.390 e. The van der Waals surface area contributed by atoms with Gasteiger partial charge in [-0.2, -0.15) is 4.68 Å². The first-order valence-corrected chi connectivity index (χ1v) is 9.80. The second-order valence-corrected chi connectivity index (χ2v) is 8.23. The molecule has 0 saturated carbocycles. The van der Waals surface area contributed by atoms with Gasteiger partial charge < -0.3 is 5.11 Å². The molecule has 2 rings (SSSR count). The van der Waals surface area contributed by atoms with Crippen LogP contribution in [-0.4, -0.2) is 45.1 Å². The second kappa shape index (κ2) is 7.85. The van der Waals surface area contributed by atoms with Crippen LogP contribution >= 0.6 is 0 Å². The van der Waals surface area contributed by atoms with E-state index in [1.54, 1.807) is 31.2 Å². The van der Waals surface area contributed by atoms with Crippen molar-refractivity contribution in [2.75, 3.05) is 5.75 Å². The van der Waals surface area contributed by atoms with Crippen molar-refractivity contribution in [3.8, 4) is 5.69 Å². The van der Waals surface area contributed by atoms with Gasteiger partial charge in [0.1, 0.15) is 0 Å². The average molecular weight is 352 g/mol. The molecule has 0 aliphatic rings. The zero-order valence-corrected chi connectivity index (χ0v) is 14.9. The van der Waals surface area contributed by atoms with Crippen LogP contribution in [0.15, 0.2) is 35.5 Å². The molecule has 24 heavy (non-hydrogen) atoms. The zero-order chi connectivity index (χ0) is 17.6. The Balaban J connectivity index is 2.11. The summed E-state index contributed by atoms with van der Waals surface area (Å²) in [6.45, 7) is 3.76. The summed E-state index contributed by atoms with van der Waals surface area (Å²) in [5, 5.41) is 21.1. The van der Waals surface area contributed by atoms with Gasteiger partial charge in [-0.15, -0.1) is 0 Å². The average Bonchev–Trinajstić information content (AvgIpc) is 3.05. The molecule has 8 heteroatoms. The third kappa shape index (κ3) is 4.85. The molecule has 0 spiro atoms. The van der Waals surface area contributed by atoms with Gasteiger partial charge in [-0.05, 0) is 42.3 Å². The number of benzene rings is 1. The Morgan fingerprint density at radius 2 is 1.88 bits per heavy atom. The van der Waals surface area contributed by atoms with E-state index in [9.17, 15) is 13.5 Å². The molecule has 1 unspecified atom stereocenters. The Bertz CT molecular complexity index is 742. The standard InChI is InChI=1S/C16H24N4O3S/c1-3-4-8-11-16(2,21)12-13-24(22,23)15-17-18-19-20(15)14-9-6-5-7-10-14/h5-7,9-10,21H,3-4,8,11-13H2,1-2H3. The lowest BCUT2D eigenvalue weighted by Crippen LogP contribution is -2.28. The van der Waals surface area contributed by atoms with E-state index in [4.69, 9.17) is 0 Å². The van der Waals surface area contributed by atoms with Crippen LogP contribution < -0.4 is 0 Å². The molecule has 2 aromatic rings. The normalized spacial score (nSPS) is 14.5. The van der Waals surface area contributed by atoms with Gasteiger partial charge >= 0.3 is 0 Å². The molecule has 1 heterocycles. The van der Waals surface area contributed by atoms with Crippen molar-refractivity contribution < 1.29 is 13.5 Å². The monoisotopic (exact) mass is 352 g/mol. The summed E-state index contributed by atoms with van der Waals surface area (Å²) in [7, 11) is -3.69. The number of tetrazole rings is 1. The van der Waals surface area contributed by atoms with E-state index >= 15 is 0 Å². The minimum atomic E-state index is -3.69. The molecular weight excluding hydrogens is 328 g/mol. The number of aliphatic hydroxyl groups is 1. The molecule has 0 radical (unpaired) electrons. The van der Waals surface area contributed by atoms with Crippen LogP contribution in [0.3, 0.4) is 0 Å². The van der Waals surface area contributed by atoms with E-state index in [0.717, 1.165) is 19.3 Å². The first-order valence-electron chi connectivity index (χ1n) is 8.15. The predicted octanol–water partition coefficient (Wildman–Crippen LogP) is 2.16. The van der Waals surface area contributed by atoms with Gasteiger partial charge in [-0.3, -0.25) is 0 Å². The van der Waals surface area contributed by atoms with Crippen molar-refractivity contribution in [2.24, 2.45) is 0 Å². The molecular formula is C16H24N4O3S. The lowest BCUT2D eigenvalue weighted by Gasteiger charge is -2.22. The lowest BCUT2D eigenvalue weighted by molar-refractivity contribution is 0.0451. The third-order valence-electron chi connectivity index (χ3n) is 3.95. The molecule has 1 aromatic heterocycles. The Morgan fingerprint density at radius 1 is 1.17 bits per heavy atom. The maximum atomic E-state index is 12.6. The van der Waals surface area contributed by atoms with E-state index in [0.29, 0.717) is 12.1 Å². The SMILES string of the molecule is CCCCCC(C)(O)CCS(=O)(=O)c1nnnn1-c1ccccc1. The van der Waals surface area contributed by atoms with Gasteiger partial charge in [0.25, 0.3) is 5.16 Å². The van der Waals surface area contributed by atoms with E-state index < -0.39 is 15.4 Å². The molecule has 0 aliphatic carbocycles. The summed E-state index contributed by atoms with van der Waals surface area (Å²) in [6, 6.07) is 8.86. The summed E-state index contributed by atoms with van der Waals surface area (Å²) < 4.78 is 26.4. The molecule has 7 nitrogen and oxygen atoms in total. The molecule has 0 bridgehead atoms. The molecule has 0 aliphatic heterocycles. The number of hydrogen-bond acceptors (Lipinski definition) is 6. The molecule has 0 fully saturated rings. The van der Waals surface area contributed by atoms with Crippen molar-refractivity contribution in [3.05, 3.63) is 30.3 Å². The Hall–Kier alpha value is -1.80. The van der Waals surface area contributed by atoms with Crippen LogP contribution in [0, 0.1) is 0 Å². The highest BCUT2D eigenvalue weighted by Crippen LogP contribution is 2.21. The van der Waals surface area contributed by atoms with Crippen molar-refractivity contribution in [1.29, 1.82) is 0 Å². The maximum Gasteiger partial charge on any atom is 0.272 e. The van der Waals surface area contributed by atoms with Crippen LogP contribution in [0.25, 0.3) is 5.69 Å². The number of sulfone groups is 1. The summed E-state index contributed by atoms with van der Waals surface area (Å²) in [4.78, 5) is 0. The number of para-hydroxylation sites is 1. The van der Waals surface area contributed by atoms with E-state index in [2.05, 4.69) is 22.4 Å². The van der Waals surface area contributed by atoms with Crippen LogP contribution in [-0.2, 0) is 9.84 Å². The van der Waals surface area contributed by atoms with Crippen molar-refractivity contribution in [3.63, 3.8) is 0 Å². The summed E-state index contributed by atoms with van der Waals surface area (Å²) in [6.07, 6.45) is 3.70. The van der Waals surface area contributed by atoms with Crippen molar-refractivity contribution in [1.82, 2.24) is 20.2 Å². The van der Waals surface area contributed by atoms with Crippen LogP contribution in [0.1, 0.15) is 46.0 Å². The molecule has 132 valence electrons. The zero-order valence-electron chi connectivity index (χ0n) is 14.1. The fourth-order valence-corrected chi connectivity index (χ4v) is 3.89. The number of aromatic nitrogens is 4. The van der Waals surface area contributed by atoms with E-state index in [-0.39, 0.29) is 17.3 Å². The highest BCUT2D eigenvalue weighted by molar-refractivity contribution is 7.91. The van der Waals surface area contributed by atoms with E-state index in [1.165, 1.54) is 4.68 Å². The first kappa shape index (κ1) is 18.5. The van der Waals surface area contributed by atoms with Crippen LogP contribution in [0.4, 0.5) is 0 Å². The van der Waals surface area contributed by atoms with Crippen LogP contribution in [0.5, 0.6) is 0 Å². The van der Waals surface area contributed by atoms with Crippen LogP contribution in [0.2, 0.25) is 0 Å². The molecule has 1 aromatic carbocycles. The highest BCUT2D eigenvalue weighted by atomic mass is 32.2. The van der Waals surface area contributed by atoms with Crippen molar-refractivity contribution >= 4 is 9.84 Å². The summed E-state index contributed by atoms with van der Waals surface area (Å²) in [5.74, 6) is -0.195. The molecule has 1 N–H and O–H groups in total. The fourth-order valence-electron chi connectivity index (χ4n) is 2.43. The molecule has 1 atom stereocenters. The Kier molecular flexibility index (Phi) is 6.06. The minimum absolute atomic E-state index is 0.153. The maximum absolute atomic E-state index is 12.6. The first-order chi connectivity index (χ1) is 11.4. The van der Waals surface area contributed by atoms with Gasteiger partial charge in [0.15, 0.2) is 0 Å². The second-order valence-electron chi connectivity index (χ2n) is 6.23. The quantitative estimate of drug-likeness (QED) is 0.695. The number of rotatable bonds is 9. The highest BCUT2D eigenvalue weighted by Gasteiger charge is 2.28. The number of hydrogen-bond donors (Lipinski definition) is 1. The molecule has 0 amide bonds. The minimum Gasteiger partial charge on any atom is -0.390 e. The summed E-state index contributed by atoms with van der Waals surface area (Å²) in [5.41, 5.74) is -0.427. The third-order valence-corrected chi connectivity index (χ3v) is 5.50. The summed E-state index contributed by atoms with van der Waals surface area (Å²) >= 11 is 0. The van der Waals surface area contributed by atoms with Gasteiger partial charge in [-0.1, -0.05) is 49.5 Å². The van der Waals surface area contributed by atoms with Crippen molar-refractivity contribution in [2.45, 2.75) is 56.7 Å². The van der Waals surface area contributed by atoms with Gasteiger partial charge in [0.2, 0.25) is 9.84 Å². The van der Waals surface area contributed by atoms with Gasteiger partial charge in [0, 0.05) is 0 Å². The van der Waals surface area contributed by atoms with E-state index in [1.807, 2.05) is 6.07 Å². The fraction of sp³-hybridized carbons (Fsp3) is 0.562. The topological polar surface area (TPSA) is 98.0 Å². The van der Waals surface area contributed by atoms with Gasteiger partial charge in [-0.25, -0.2) is 8.42 Å². The molecule has 0 saturated heterocycles. The number of unbranched alkanes of at least 4 members (excludes halogenated alkanes) is 2. The smallest absolute Gasteiger partial charge is 0.272 e. The lowest BCUT2D eigenvalue weighted by atomic mass is 9.96. The Morgan fingerprint density at radius 3 is 2.54 bits per heavy atom. The predicted molar refractivity (Wildman–Crippen MR) is 90.6 cm³/mol. The van der Waals surface area contributed by atoms with Gasteiger partial charge in [0.05, 0.1) is 17.0 Å². The number of nitrogens with zero attached hydrogens (tertiary/aromatic N) is 4.